The van der Waals surface area contributed by atoms with Crippen LogP contribution in [0.4, 0.5) is 0 Å². The van der Waals surface area contributed by atoms with Gasteiger partial charge in [-0.05, 0) is 89.1 Å². The van der Waals surface area contributed by atoms with Crippen LogP contribution in [0.3, 0.4) is 0 Å². The molecule has 10 heteroatoms. The predicted molar refractivity (Wildman–Crippen MR) is 197 cm³/mol. The number of ketones is 2. The largest absolute Gasteiger partial charge is 0.504 e. The highest BCUT2D eigenvalue weighted by molar-refractivity contribution is 14.1. The standard InChI is InChI=1S/C41H38INO8/c1-51-32-20-24(19-31(42)38(32)48)36-26-16-17-27-35(40(50)43(39(27)49)18-10-4-9-15-34(45)46)29(26)21-30-37(47)28(23-11-5-2-6-12-23)22-33(44)41(30,36)25-13-7-3-8-14-25/h2-3,5-8,11-14,16,19-20,22,27,29-30,35-36,48H,4,9-10,15,17-18,21H2,1H3,(H,45,46). The number of allylic oxidation sites excluding steroid dienone is 4. The highest BCUT2D eigenvalue weighted by Crippen LogP contribution is 2.64. The van der Waals surface area contributed by atoms with Gasteiger partial charge in [-0.1, -0.05) is 78.7 Å². The molecule has 0 spiro atoms. The van der Waals surface area contributed by atoms with Crippen LogP contribution >= 0.6 is 22.6 Å². The maximum atomic E-state index is 15.2. The lowest BCUT2D eigenvalue weighted by atomic mass is 9.44. The minimum Gasteiger partial charge on any atom is -0.504 e. The number of aromatic hydroxyl groups is 1. The highest BCUT2D eigenvalue weighted by Gasteiger charge is 2.65. The van der Waals surface area contributed by atoms with Crippen molar-refractivity contribution < 1.29 is 38.9 Å². The fourth-order valence-corrected chi connectivity index (χ4v) is 9.80. The molecule has 51 heavy (non-hydrogen) atoms. The molecule has 1 aliphatic heterocycles. The number of phenols is 1. The van der Waals surface area contributed by atoms with Crippen LogP contribution in [-0.2, 0) is 29.4 Å². The van der Waals surface area contributed by atoms with E-state index >= 15 is 9.59 Å². The summed E-state index contributed by atoms with van der Waals surface area (Å²) >= 11 is 2.03. The van der Waals surface area contributed by atoms with Crippen molar-refractivity contribution in [1.29, 1.82) is 0 Å². The number of unbranched alkanes of at least 4 members (excludes halogenated alkanes) is 2. The van der Waals surface area contributed by atoms with Gasteiger partial charge in [0.1, 0.15) is 0 Å². The van der Waals surface area contributed by atoms with Crippen molar-refractivity contribution in [2.75, 3.05) is 13.7 Å². The first-order valence-corrected chi connectivity index (χ1v) is 18.4. The molecule has 0 bridgehead atoms. The van der Waals surface area contributed by atoms with Gasteiger partial charge in [0.15, 0.2) is 23.1 Å². The molecule has 262 valence electrons. The number of aliphatic carboxylic acids is 1. The van der Waals surface area contributed by atoms with Gasteiger partial charge < -0.3 is 14.9 Å². The summed E-state index contributed by atoms with van der Waals surface area (Å²) in [5, 5.41) is 19.9. The lowest BCUT2D eigenvalue weighted by Crippen LogP contribution is -2.58. The number of fused-ring (bicyclic) bond motifs is 4. The van der Waals surface area contributed by atoms with Gasteiger partial charge in [0.25, 0.3) is 0 Å². The fraction of sp³-hybridized carbons (Fsp3) is 0.341. The van der Waals surface area contributed by atoms with Crippen LogP contribution in [0, 0.1) is 27.2 Å². The number of likely N-dealkylation sites (tertiary alicyclic amines) is 1. The Balaban J connectivity index is 1.40. The number of Topliss-reactive ketones (excluding diaryl/α,β-unsaturated/α-hetero) is 1. The Kier molecular flexibility index (Phi) is 9.47. The molecule has 0 radical (unpaired) electrons. The maximum absolute atomic E-state index is 15.2. The molecule has 6 unspecified atom stereocenters. The quantitative estimate of drug-likeness (QED) is 0.103. The molecule has 1 saturated carbocycles. The minimum atomic E-state index is -1.38. The number of hydrogen-bond acceptors (Lipinski definition) is 7. The first kappa shape index (κ1) is 34.9. The zero-order valence-electron chi connectivity index (χ0n) is 28.1. The second-order valence-electron chi connectivity index (χ2n) is 13.9. The summed E-state index contributed by atoms with van der Waals surface area (Å²) in [5.74, 6) is -5.03. The van der Waals surface area contributed by atoms with Crippen molar-refractivity contribution >= 4 is 57.5 Å². The second-order valence-corrected chi connectivity index (χ2v) is 15.0. The molecule has 2 amide bonds. The molecule has 2 fully saturated rings. The van der Waals surface area contributed by atoms with Crippen LogP contribution in [0.15, 0.2) is 90.5 Å². The van der Waals surface area contributed by atoms with Crippen LogP contribution in [0.2, 0.25) is 0 Å². The topological polar surface area (TPSA) is 138 Å². The van der Waals surface area contributed by atoms with Crippen molar-refractivity contribution in [3.8, 4) is 11.5 Å². The highest BCUT2D eigenvalue weighted by atomic mass is 127. The van der Waals surface area contributed by atoms with Crippen molar-refractivity contribution in [2.24, 2.45) is 23.7 Å². The number of methoxy groups -OCH3 is 1. The number of carboxylic acids is 1. The summed E-state index contributed by atoms with van der Waals surface area (Å²) in [6.45, 7) is 0.207. The van der Waals surface area contributed by atoms with Gasteiger partial charge in [-0.15, -0.1) is 0 Å². The summed E-state index contributed by atoms with van der Waals surface area (Å²) in [6, 6.07) is 22.0. The molecule has 6 atom stereocenters. The summed E-state index contributed by atoms with van der Waals surface area (Å²) in [7, 11) is 1.46. The fourth-order valence-electron chi connectivity index (χ4n) is 9.17. The molecule has 9 nitrogen and oxygen atoms in total. The number of halogens is 1. The van der Waals surface area contributed by atoms with E-state index in [0.29, 0.717) is 51.5 Å². The SMILES string of the molecule is COc1cc(C2C3=CCC4C(=O)N(CCCCCC(=O)O)C(=O)C4C3CC3C(=O)C(c4ccccc4)=CC(=O)C32c2ccccc2)cc(I)c1O. The third-order valence-corrected chi connectivity index (χ3v) is 12.2. The number of amides is 2. The molecule has 3 aromatic carbocycles. The average molecular weight is 800 g/mol. The summed E-state index contributed by atoms with van der Waals surface area (Å²) in [5.41, 5.74) is 1.77. The van der Waals surface area contributed by atoms with Crippen LogP contribution in [-0.4, -0.2) is 58.1 Å². The van der Waals surface area contributed by atoms with Gasteiger partial charge in [0, 0.05) is 30.4 Å². The van der Waals surface area contributed by atoms with Gasteiger partial charge in [-0.25, -0.2) is 0 Å². The first-order chi connectivity index (χ1) is 24.6. The van der Waals surface area contributed by atoms with E-state index in [9.17, 15) is 19.5 Å². The molecule has 4 aliphatic rings. The van der Waals surface area contributed by atoms with Crippen molar-refractivity contribution in [2.45, 2.75) is 49.9 Å². The van der Waals surface area contributed by atoms with Crippen LogP contribution in [0.25, 0.3) is 5.57 Å². The van der Waals surface area contributed by atoms with Crippen molar-refractivity contribution in [3.05, 3.63) is 111 Å². The number of phenolic OH excluding ortho intramolecular Hbond substituents is 1. The first-order valence-electron chi connectivity index (χ1n) is 17.3. The van der Waals surface area contributed by atoms with Gasteiger partial charge >= 0.3 is 5.97 Å². The number of rotatable bonds is 10. The molecule has 0 aromatic heterocycles. The number of hydrogen-bond donors (Lipinski definition) is 2. The smallest absolute Gasteiger partial charge is 0.303 e. The lowest BCUT2D eigenvalue weighted by Gasteiger charge is -2.55. The molecule has 7 rings (SSSR count). The van der Waals surface area contributed by atoms with Gasteiger partial charge in [0.05, 0.1) is 27.9 Å². The summed E-state index contributed by atoms with van der Waals surface area (Å²) < 4.78 is 6.11. The minimum absolute atomic E-state index is 0.0294. The van der Waals surface area contributed by atoms with Crippen molar-refractivity contribution in [1.82, 2.24) is 4.90 Å². The van der Waals surface area contributed by atoms with Crippen LogP contribution < -0.4 is 4.74 Å². The number of imide groups is 1. The normalized spacial score (nSPS) is 26.9. The van der Waals surface area contributed by atoms with Crippen LogP contribution in [0.1, 0.15) is 61.1 Å². The maximum Gasteiger partial charge on any atom is 0.303 e. The monoisotopic (exact) mass is 799 g/mol. The van der Waals surface area contributed by atoms with E-state index in [1.54, 1.807) is 6.07 Å². The van der Waals surface area contributed by atoms with Gasteiger partial charge in [-0.3, -0.25) is 28.9 Å². The molecule has 1 heterocycles. The van der Waals surface area contributed by atoms with E-state index in [1.165, 1.54) is 18.1 Å². The number of carbonyl (C=O) groups excluding carboxylic acids is 4. The molecular formula is C41H38INO8. The Morgan fingerprint density at radius 1 is 0.941 bits per heavy atom. The zero-order chi connectivity index (χ0) is 36.0. The van der Waals surface area contributed by atoms with E-state index in [0.717, 1.165) is 5.57 Å². The predicted octanol–water partition coefficient (Wildman–Crippen LogP) is 6.47. The Hall–Kier alpha value is -4.58. The van der Waals surface area contributed by atoms with Gasteiger partial charge in [0.2, 0.25) is 11.8 Å². The van der Waals surface area contributed by atoms with E-state index in [2.05, 4.69) is 0 Å². The third kappa shape index (κ3) is 5.71. The molecule has 1 saturated heterocycles. The Labute approximate surface area is 309 Å². The molecule has 2 N–H and O–H groups in total. The van der Waals surface area contributed by atoms with E-state index in [-0.39, 0.29) is 54.3 Å². The molecular weight excluding hydrogens is 761 g/mol. The third-order valence-electron chi connectivity index (χ3n) is 11.3. The Morgan fingerprint density at radius 2 is 1.65 bits per heavy atom. The Bertz CT molecular complexity index is 1990. The Morgan fingerprint density at radius 3 is 2.33 bits per heavy atom. The molecule has 3 aliphatic carbocycles. The average Bonchev–Trinajstić information content (AvgIpc) is 3.38. The number of benzene rings is 3. The summed E-state index contributed by atoms with van der Waals surface area (Å²) in [6.07, 6.45) is 5.57. The van der Waals surface area contributed by atoms with Crippen LogP contribution in [0.5, 0.6) is 11.5 Å². The van der Waals surface area contributed by atoms with E-state index in [1.807, 2.05) is 95.4 Å². The summed E-state index contributed by atoms with van der Waals surface area (Å²) in [4.78, 5) is 70.7. The van der Waals surface area contributed by atoms with Crippen molar-refractivity contribution in [3.63, 3.8) is 0 Å². The van der Waals surface area contributed by atoms with E-state index in [4.69, 9.17) is 9.84 Å². The number of carbonyl (C=O) groups is 5. The number of ether oxygens (including phenoxy) is 1. The lowest BCUT2D eigenvalue weighted by molar-refractivity contribution is -0.141. The second kappa shape index (κ2) is 13.9. The van der Waals surface area contributed by atoms with Gasteiger partial charge in [-0.2, -0.15) is 0 Å². The zero-order valence-corrected chi connectivity index (χ0v) is 30.2. The van der Waals surface area contributed by atoms with E-state index < -0.39 is 41.0 Å². The molecule has 3 aromatic rings. The number of nitrogens with zero attached hydrogens (tertiary/aromatic N) is 1. The number of carboxylic acid groups (broad SMARTS) is 1.